The summed E-state index contributed by atoms with van der Waals surface area (Å²) in [4.78, 5) is 28.4. The smallest absolute Gasteiger partial charge is 0.223 e. The molecule has 0 bridgehead atoms. The van der Waals surface area contributed by atoms with Crippen LogP contribution in [0.25, 0.3) is 0 Å². The van der Waals surface area contributed by atoms with E-state index in [-0.39, 0.29) is 17.7 Å². The van der Waals surface area contributed by atoms with E-state index >= 15 is 0 Å². The highest BCUT2D eigenvalue weighted by molar-refractivity contribution is 5.91. The Kier molecular flexibility index (Phi) is 6.53. The first-order valence-electron chi connectivity index (χ1n) is 10.1. The number of carbonyl (C=O) groups is 2. The average molecular weight is 357 g/mol. The summed E-state index contributed by atoms with van der Waals surface area (Å²) in [5, 5.41) is 3.02. The summed E-state index contributed by atoms with van der Waals surface area (Å²) in [6.07, 6.45) is 8.06. The third kappa shape index (κ3) is 4.77. The SMILES string of the molecule is CC(=O)N(CCNC(=O)C1CCCCC1)c1ccc(N2CCCC2)cc1. The molecule has 1 saturated heterocycles. The van der Waals surface area contributed by atoms with Gasteiger partial charge in [-0.15, -0.1) is 0 Å². The summed E-state index contributed by atoms with van der Waals surface area (Å²) in [5.74, 6) is 0.317. The Morgan fingerprint density at radius 3 is 2.31 bits per heavy atom. The molecule has 2 fully saturated rings. The maximum absolute atomic E-state index is 12.3. The van der Waals surface area contributed by atoms with Crippen molar-refractivity contribution in [3.05, 3.63) is 24.3 Å². The summed E-state index contributed by atoms with van der Waals surface area (Å²) in [6, 6.07) is 8.21. The number of benzene rings is 1. The van der Waals surface area contributed by atoms with Gasteiger partial charge in [0.15, 0.2) is 0 Å². The van der Waals surface area contributed by atoms with Crippen LogP contribution in [-0.4, -0.2) is 38.0 Å². The normalized spacial score (nSPS) is 18.0. The average Bonchev–Trinajstić information content (AvgIpc) is 3.20. The Morgan fingerprint density at radius 2 is 1.69 bits per heavy atom. The van der Waals surface area contributed by atoms with E-state index in [1.54, 1.807) is 11.8 Å². The van der Waals surface area contributed by atoms with Gasteiger partial charge < -0.3 is 15.1 Å². The molecule has 0 unspecified atom stereocenters. The van der Waals surface area contributed by atoms with Crippen molar-refractivity contribution in [1.82, 2.24) is 5.32 Å². The van der Waals surface area contributed by atoms with E-state index in [2.05, 4.69) is 22.3 Å². The molecule has 0 radical (unpaired) electrons. The predicted octanol–water partition coefficient (Wildman–Crippen LogP) is 3.34. The second-order valence-corrected chi connectivity index (χ2v) is 7.51. The van der Waals surface area contributed by atoms with E-state index in [1.807, 2.05) is 12.1 Å². The Hall–Kier alpha value is -2.04. The van der Waals surface area contributed by atoms with Gasteiger partial charge in [-0.1, -0.05) is 19.3 Å². The number of hydrogen-bond donors (Lipinski definition) is 1. The molecular weight excluding hydrogens is 326 g/mol. The van der Waals surface area contributed by atoms with Gasteiger partial charge in [-0.3, -0.25) is 9.59 Å². The number of carbonyl (C=O) groups excluding carboxylic acids is 2. The van der Waals surface area contributed by atoms with Crippen LogP contribution in [0.3, 0.4) is 0 Å². The maximum Gasteiger partial charge on any atom is 0.223 e. The lowest BCUT2D eigenvalue weighted by atomic mass is 9.89. The molecular formula is C21H31N3O2. The lowest BCUT2D eigenvalue weighted by Gasteiger charge is -2.25. The van der Waals surface area contributed by atoms with Crippen LogP contribution >= 0.6 is 0 Å². The zero-order valence-electron chi connectivity index (χ0n) is 15.9. The first kappa shape index (κ1) is 18.7. The summed E-state index contributed by atoms with van der Waals surface area (Å²) < 4.78 is 0. The molecule has 26 heavy (non-hydrogen) atoms. The highest BCUT2D eigenvalue weighted by atomic mass is 16.2. The minimum Gasteiger partial charge on any atom is -0.372 e. The van der Waals surface area contributed by atoms with E-state index in [1.165, 1.54) is 24.9 Å². The van der Waals surface area contributed by atoms with Crippen molar-refractivity contribution in [2.45, 2.75) is 51.9 Å². The largest absolute Gasteiger partial charge is 0.372 e. The second-order valence-electron chi connectivity index (χ2n) is 7.51. The van der Waals surface area contributed by atoms with E-state index < -0.39 is 0 Å². The van der Waals surface area contributed by atoms with Crippen molar-refractivity contribution in [2.24, 2.45) is 5.92 Å². The molecule has 3 rings (SSSR count). The third-order valence-corrected chi connectivity index (χ3v) is 5.62. The first-order valence-corrected chi connectivity index (χ1v) is 10.1. The minimum atomic E-state index is 0.00541. The van der Waals surface area contributed by atoms with Crippen LogP contribution in [0.1, 0.15) is 51.9 Å². The van der Waals surface area contributed by atoms with Gasteiger partial charge in [-0.05, 0) is 49.9 Å². The number of anilines is 2. The van der Waals surface area contributed by atoms with Crippen LogP contribution in [0.15, 0.2) is 24.3 Å². The van der Waals surface area contributed by atoms with Gasteiger partial charge in [0.1, 0.15) is 0 Å². The van der Waals surface area contributed by atoms with Crippen LogP contribution < -0.4 is 15.1 Å². The van der Waals surface area contributed by atoms with E-state index in [0.29, 0.717) is 13.1 Å². The molecule has 5 heteroatoms. The standard InChI is InChI=1S/C21H31N3O2/c1-17(25)24(16-13-22-21(26)18-7-3-2-4-8-18)20-11-9-19(10-12-20)23-14-5-6-15-23/h9-12,18H,2-8,13-16H2,1H3,(H,22,26). The molecule has 1 heterocycles. The van der Waals surface area contributed by atoms with Gasteiger partial charge in [0.2, 0.25) is 11.8 Å². The van der Waals surface area contributed by atoms with Gasteiger partial charge in [0.05, 0.1) is 0 Å². The fourth-order valence-electron chi connectivity index (χ4n) is 4.09. The number of nitrogens with one attached hydrogen (secondary N) is 1. The number of rotatable bonds is 6. The Morgan fingerprint density at radius 1 is 1.04 bits per heavy atom. The Balaban J connectivity index is 1.53. The molecule has 2 amide bonds. The summed E-state index contributed by atoms with van der Waals surface area (Å²) >= 11 is 0. The molecule has 0 aromatic heterocycles. The monoisotopic (exact) mass is 357 g/mol. The molecule has 1 N–H and O–H groups in total. The predicted molar refractivity (Wildman–Crippen MR) is 106 cm³/mol. The fraction of sp³-hybridized carbons (Fsp3) is 0.619. The van der Waals surface area contributed by atoms with Gasteiger partial charge in [-0.2, -0.15) is 0 Å². The van der Waals surface area contributed by atoms with Crippen molar-refractivity contribution < 1.29 is 9.59 Å². The van der Waals surface area contributed by atoms with Crippen molar-refractivity contribution in [2.75, 3.05) is 36.0 Å². The van der Waals surface area contributed by atoms with Crippen molar-refractivity contribution in [1.29, 1.82) is 0 Å². The van der Waals surface area contributed by atoms with Crippen molar-refractivity contribution in [3.8, 4) is 0 Å². The van der Waals surface area contributed by atoms with Crippen molar-refractivity contribution in [3.63, 3.8) is 0 Å². The van der Waals surface area contributed by atoms with E-state index in [9.17, 15) is 9.59 Å². The topological polar surface area (TPSA) is 52.7 Å². The van der Waals surface area contributed by atoms with Crippen LogP contribution in [0.5, 0.6) is 0 Å². The Bertz CT molecular complexity index is 602. The van der Waals surface area contributed by atoms with Crippen LogP contribution in [0.2, 0.25) is 0 Å². The number of amides is 2. The molecule has 142 valence electrons. The van der Waals surface area contributed by atoms with Crippen LogP contribution in [-0.2, 0) is 9.59 Å². The molecule has 2 aliphatic rings. The van der Waals surface area contributed by atoms with Crippen molar-refractivity contribution >= 4 is 23.2 Å². The zero-order valence-corrected chi connectivity index (χ0v) is 15.9. The van der Waals surface area contributed by atoms with Gasteiger partial charge in [0, 0.05) is 50.4 Å². The summed E-state index contributed by atoms with van der Waals surface area (Å²) in [7, 11) is 0. The van der Waals surface area contributed by atoms with E-state index in [4.69, 9.17) is 0 Å². The molecule has 1 aliphatic carbocycles. The van der Waals surface area contributed by atoms with E-state index in [0.717, 1.165) is 44.5 Å². The first-order chi connectivity index (χ1) is 12.6. The minimum absolute atomic E-state index is 0.00541. The molecule has 1 aromatic carbocycles. The molecule has 1 aliphatic heterocycles. The fourth-order valence-corrected chi connectivity index (χ4v) is 4.09. The van der Waals surface area contributed by atoms with Gasteiger partial charge in [-0.25, -0.2) is 0 Å². The zero-order chi connectivity index (χ0) is 18.4. The third-order valence-electron chi connectivity index (χ3n) is 5.62. The summed E-state index contributed by atoms with van der Waals surface area (Å²) in [6.45, 7) is 4.82. The summed E-state index contributed by atoms with van der Waals surface area (Å²) in [5.41, 5.74) is 2.12. The highest BCUT2D eigenvalue weighted by Crippen LogP contribution is 2.25. The Labute approximate surface area is 156 Å². The maximum atomic E-state index is 12.3. The number of hydrogen-bond acceptors (Lipinski definition) is 3. The van der Waals surface area contributed by atoms with Gasteiger partial charge in [0.25, 0.3) is 0 Å². The number of nitrogens with zero attached hydrogens (tertiary/aromatic N) is 2. The highest BCUT2D eigenvalue weighted by Gasteiger charge is 2.21. The lowest BCUT2D eigenvalue weighted by Crippen LogP contribution is -2.40. The molecule has 5 nitrogen and oxygen atoms in total. The molecule has 1 saturated carbocycles. The molecule has 1 aromatic rings. The lowest BCUT2D eigenvalue weighted by molar-refractivity contribution is -0.126. The molecule has 0 atom stereocenters. The van der Waals surface area contributed by atoms with Crippen LogP contribution in [0, 0.1) is 5.92 Å². The van der Waals surface area contributed by atoms with Crippen LogP contribution in [0.4, 0.5) is 11.4 Å². The second kappa shape index (κ2) is 9.06. The quantitative estimate of drug-likeness (QED) is 0.849. The van der Waals surface area contributed by atoms with Gasteiger partial charge >= 0.3 is 0 Å². The molecule has 0 spiro atoms.